The lowest BCUT2D eigenvalue weighted by Crippen LogP contribution is -2.32. The number of ether oxygens (including phenoxy) is 3. The number of rotatable bonds is 6. The van der Waals surface area contributed by atoms with Crippen LogP contribution in [0, 0.1) is 0 Å². The molecule has 174 valence electrons. The number of aliphatic hydroxyl groups excluding tert-OH is 1. The first-order chi connectivity index (χ1) is 15.8. The van der Waals surface area contributed by atoms with Gasteiger partial charge in [-0.3, -0.25) is 9.59 Å². The molecule has 0 saturated carbocycles. The molecule has 1 saturated heterocycles. The third-order valence-electron chi connectivity index (χ3n) is 5.83. The van der Waals surface area contributed by atoms with Crippen molar-refractivity contribution in [3.8, 4) is 17.2 Å². The molecule has 2 aromatic rings. The average molecular weight is 518 g/mol. The zero-order valence-corrected chi connectivity index (χ0v) is 20.0. The van der Waals surface area contributed by atoms with E-state index >= 15 is 0 Å². The highest BCUT2D eigenvalue weighted by Gasteiger charge is 2.46. The largest absolute Gasteiger partial charge is 0.507 e. The Labute approximate surface area is 199 Å². The molecule has 2 heterocycles. The lowest BCUT2D eigenvalue weighted by Gasteiger charge is -2.25. The minimum atomic E-state index is -0.894. The first-order valence-electron chi connectivity index (χ1n) is 10.4. The van der Waals surface area contributed by atoms with Crippen LogP contribution >= 0.6 is 15.9 Å². The fraction of sp³-hybridized carbons (Fsp3) is 0.333. The third-order valence-corrected chi connectivity index (χ3v) is 6.44. The van der Waals surface area contributed by atoms with Crippen LogP contribution in [0.15, 0.2) is 40.4 Å². The second-order valence-electron chi connectivity index (χ2n) is 7.99. The minimum absolute atomic E-state index is 0.0267. The topological polar surface area (TPSA) is 106 Å². The number of benzene rings is 2. The summed E-state index contributed by atoms with van der Waals surface area (Å²) in [6.45, 7) is 2.30. The Hall–Kier alpha value is -3.04. The number of hydrogen-bond acceptors (Lipinski definition) is 7. The summed E-state index contributed by atoms with van der Waals surface area (Å²) in [5.41, 5.74) is 1.80. The summed E-state index contributed by atoms with van der Waals surface area (Å²) < 4.78 is 16.4. The number of fused-ring (bicyclic) bond motifs is 1. The lowest BCUT2D eigenvalue weighted by atomic mass is 9.94. The molecule has 0 radical (unpaired) electrons. The highest BCUT2D eigenvalue weighted by atomic mass is 79.9. The monoisotopic (exact) mass is 517 g/mol. The summed E-state index contributed by atoms with van der Waals surface area (Å²) in [6, 6.07) is 7.45. The maximum atomic E-state index is 13.1. The summed E-state index contributed by atoms with van der Waals surface area (Å²) in [7, 11) is 2.90. The van der Waals surface area contributed by atoms with Crippen molar-refractivity contribution >= 4 is 33.4 Å². The number of ketones is 1. The molecule has 0 spiro atoms. The van der Waals surface area contributed by atoms with E-state index in [0.29, 0.717) is 22.0 Å². The summed E-state index contributed by atoms with van der Waals surface area (Å²) >= 11 is 3.29. The predicted octanol–water partition coefficient (Wildman–Crippen LogP) is 3.55. The van der Waals surface area contributed by atoms with Gasteiger partial charge in [-0.25, -0.2) is 0 Å². The number of nitrogens with zero attached hydrogens (tertiary/aromatic N) is 1. The van der Waals surface area contributed by atoms with Crippen molar-refractivity contribution in [2.75, 3.05) is 27.4 Å². The van der Waals surface area contributed by atoms with E-state index in [1.54, 1.807) is 30.3 Å². The third kappa shape index (κ3) is 4.06. The quantitative estimate of drug-likeness (QED) is 0.342. The van der Waals surface area contributed by atoms with Gasteiger partial charge in [-0.1, -0.05) is 0 Å². The summed E-state index contributed by atoms with van der Waals surface area (Å²) in [5.74, 6) is -1.00. The zero-order chi connectivity index (χ0) is 23.9. The van der Waals surface area contributed by atoms with Gasteiger partial charge in [0.25, 0.3) is 11.7 Å². The highest BCUT2D eigenvalue weighted by Crippen LogP contribution is 2.44. The van der Waals surface area contributed by atoms with Crippen molar-refractivity contribution in [3.63, 3.8) is 0 Å². The van der Waals surface area contributed by atoms with Gasteiger partial charge in [0.1, 0.15) is 17.6 Å². The lowest BCUT2D eigenvalue weighted by molar-refractivity contribution is -0.140. The van der Waals surface area contributed by atoms with Crippen LogP contribution in [-0.4, -0.2) is 60.3 Å². The van der Waals surface area contributed by atoms with Crippen molar-refractivity contribution in [2.24, 2.45) is 0 Å². The molecular weight excluding hydrogens is 494 g/mol. The number of carbonyl (C=O) groups excluding carboxylic acids is 2. The average Bonchev–Trinajstić information content (AvgIpc) is 3.29. The molecule has 2 aromatic carbocycles. The van der Waals surface area contributed by atoms with Gasteiger partial charge < -0.3 is 29.3 Å². The van der Waals surface area contributed by atoms with E-state index in [2.05, 4.69) is 15.9 Å². The molecule has 9 heteroatoms. The van der Waals surface area contributed by atoms with Gasteiger partial charge in [-0.05, 0) is 64.3 Å². The SMILES string of the molecule is COCCN1C(=O)C(=O)C(=C(O)c2ccc3c(c2)CC(C)O3)C1c1cc(Br)c(O)c(OC)c1. The van der Waals surface area contributed by atoms with Crippen molar-refractivity contribution in [1.29, 1.82) is 0 Å². The van der Waals surface area contributed by atoms with Gasteiger partial charge in [0.05, 0.1) is 29.8 Å². The molecule has 4 rings (SSSR count). The molecule has 2 aliphatic rings. The van der Waals surface area contributed by atoms with Crippen molar-refractivity contribution in [3.05, 3.63) is 57.1 Å². The van der Waals surface area contributed by atoms with Crippen LogP contribution in [0.1, 0.15) is 29.7 Å². The van der Waals surface area contributed by atoms with Crippen molar-refractivity contribution < 1.29 is 34.0 Å². The van der Waals surface area contributed by atoms with Gasteiger partial charge in [-0.2, -0.15) is 0 Å². The number of Topliss-reactive ketones (excluding diaryl/α,β-unsaturated/α-hetero) is 1. The fourth-order valence-electron chi connectivity index (χ4n) is 4.28. The Morgan fingerprint density at radius 1 is 1.24 bits per heavy atom. The maximum Gasteiger partial charge on any atom is 0.295 e. The minimum Gasteiger partial charge on any atom is -0.507 e. The summed E-state index contributed by atoms with van der Waals surface area (Å²) in [5, 5.41) is 21.5. The van der Waals surface area contributed by atoms with Gasteiger partial charge in [0.2, 0.25) is 0 Å². The number of carbonyl (C=O) groups is 2. The zero-order valence-electron chi connectivity index (χ0n) is 18.4. The van der Waals surface area contributed by atoms with E-state index in [1.807, 2.05) is 6.92 Å². The molecule has 0 aliphatic carbocycles. The second kappa shape index (κ2) is 9.07. The molecule has 2 atom stereocenters. The van der Waals surface area contributed by atoms with Gasteiger partial charge in [0.15, 0.2) is 11.5 Å². The number of likely N-dealkylation sites (tertiary alicyclic amines) is 1. The maximum absolute atomic E-state index is 13.1. The van der Waals surface area contributed by atoms with Crippen LogP contribution in [0.2, 0.25) is 0 Å². The van der Waals surface area contributed by atoms with Gasteiger partial charge in [-0.15, -0.1) is 0 Å². The molecule has 1 amide bonds. The Morgan fingerprint density at radius 3 is 2.70 bits per heavy atom. The molecule has 2 N–H and O–H groups in total. The van der Waals surface area contributed by atoms with Crippen LogP contribution in [0.5, 0.6) is 17.2 Å². The smallest absolute Gasteiger partial charge is 0.295 e. The molecule has 0 bridgehead atoms. The Morgan fingerprint density at radius 2 is 2.00 bits per heavy atom. The van der Waals surface area contributed by atoms with Gasteiger partial charge in [0, 0.05) is 25.6 Å². The molecule has 8 nitrogen and oxygen atoms in total. The van der Waals surface area contributed by atoms with Crippen LogP contribution < -0.4 is 9.47 Å². The molecule has 2 aliphatic heterocycles. The number of phenols is 1. The Kier molecular flexibility index (Phi) is 6.36. The van der Waals surface area contributed by atoms with Crippen LogP contribution in [0.3, 0.4) is 0 Å². The number of amides is 1. The molecule has 33 heavy (non-hydrogen) atoms. The van der Waals surface area contributed by atoms with E-state index in [4.69, 9.17) is 14.2 Å². The van der Waals surface area contributed by atoms with Gasteiger partial charge >= 0.3 is 0 Å². The molecule has 1 fully saturated rings. The Balaban J connectivity index is 1.88. The Bertz CT molecular complexity index is 1160. The normalized spacial score (nSPS) is 21.3. The predicted molar refractivity (Wildman–Crippen MR) is 123 cm³/mol. The van der Waals surface area contributed by atoms with Crippen molar-refractivity contribution in [1.82, 2.24) is 4.90 Å². The first kappa shape index (κ1) is 23.1. The van der Waals surface area contributed by atoms with Crippen LogP contribution in [-0.2, 0) is 20.7 Å². The van der Waals surface area contributed by atoms with Crippen molar-refractivity contribution in [2.45, 2.75) is 25.5 Å². The number of phenolic OH excluding ortho intramolecular Hbond substituents is 1. The second-order valence-corrected chi connectivity index (χ2v) is 8.85. The number of methoxy groups -OCH3 is 2. The van der Waals surface area contributed by atoms with E-state index < -0.39 is 17.7 Å². The fourth-order valence-corrected chi connectivity index (χ4v) is 4.74. The first-order valence-corrected chi connectivity index (χ1v) is 11.2. The summed E-state index contributed by atoms with van der Waals surface area (Å²) in [4.78, 5) is 27.4. The van der Waals surface area contributed by atoms with Crippen LogP contribution in [0.4, 0.5) is 0 Å². The number of aliphatic hydroxyl groups is 1. The standard InChI is InChI=1S/C24H24BrNO7/c1-12-8-14-9-13(4-5-17(14)33-12)21(27)19-20(26(6-7-31-2)24(30)23(19)29)15-10-16(25)22(28)18(11-15)32-3/h4-5,9-12,20,27-28H,6-8H2,1-3H3. The molecular formula is C24H24BrNO7. The van der Waals surface area contributed by atoms with E-state index in [9.17, 15) is 19.8 Å². The number of aromatic hydroxyl groups is 1. The van der Waals surface area contributed by atoms with E-state index in [0.717, 1.165) is 11.3 Å². The highest BCUT2D eigenvalue weighted by molar-refractivity contribution is 9.10. The van der Waals surface area contributed by atoms with E-state index in [1.165, 1.54) is 19.1 Å². The number of halogens is 1. The summed E-state index contributed by atoms with van der Waals surface area (Å²) in [6.07, 6.45) is 0.711. The van der Waals surface area contributed by atoms with Crippen LogP contribution in [0.25, 0.3) is 5.76 Å². The number of hydrogen-bond donors (Lipinski definition) is 2. The molecule has 2 unspecified atom stereocenters. The van der Waals surface area contributed by atoms with E-state index in [-0.39, 0.29) is 42.1 Å². The molecule has 0 aromatic heterocycles.